The highest BCUT2D eigenvalue weighted by Crippen LogP contribution is 2.28. The van der Waals surface area contributed by atoms with Crippen molar-refractivity contribution < 1.29 is 9.90 Å². The molecular formula is C20H23N3O2. The van der Waals surface area contributed by atoms with Gasteiger partial charge < -0.3 is 15.1 Å². The Morgan fingerprint density at radius 2 is 1.96 bits per heavy atom. The third kappa shape index (κ3) is 3.31. The standard InChI is InChI=1S/C20H23N3O2/c24-20(25)18-17(11-13-5-3-1-2-4-6-13)22-19(23-18)15-7-8-16-14(12-15)9-10-21-16/h7-10,12-13,21H,1-6,11H2,(H,22,23)(H,24,25). The van der Waals surface area contributed by atoms with E-state index in [0.717, 1.165) is 28.6 Å². The summed E-state index contributed by atoms with van der Waals surface area (Å²) in [7, 11) is 0. The molecule has 3 aromatic rings. The van der Waals surface area contributed by atoms with Crippen LogP contribution in [0.5, 0.6) is 0 Å². The first-order valence-corrected chi connectivity index (χ1v) is 9.10. The van der Waals surface area contributed by atoms with Crippen LogP contribution in [0.25, 0.3) is 22.3 Å². The first-order valence-electron chi connectivity index (χ1n) is 9.10. The molecule has 130 valence electrons. The quantitative estimate of drug-likeness (QED) is 0.600. The molecule has 0 bridgehead atoms. The van der Waals surface area contributed by atoms with Crippen LogP contribution in [0.3, 0.4) is 0 Å². The Morgan fingerprint density at radius 1 is 1.16 bits per heavy atom. The van der Waals surface area contributed by atoms with Crippen LogP contribution < -0.4 is 0 Å². The van der Waals surface area contributed by atoms with Crippen molar-refractivity contribution in [2.45, 2.75) is 44.9 Å². The first-order chi connectivity index (χ1) is 12.2. The minimum Gasteiger partial charge on any atom is -0.476 e. The van der Waals surface area contributed by atoms with E-state index in [1.165, 1.54) is 38.5 Å². The number of nitrogens with one attached hydrogen (secondary N) is 2. The molecule has 1 aliphatic carbocycles. The van der Waals surface area contributed by atoms with Crippen LogP contribution >= 0.6 is 0 Å². The van der Waals surface area contributed by atoms with Crippen molar-refractivity contribution >= 4 is 16.9 Å². The minimum absolute atomic E-state index is 0.174. The van der Waals surface area contributed by atoms with Crippen LogP contribution in [-0.2, 0) is 6.42 Å². The number of rotatable bonds is 4. The molecule has 5 nitrogen and oxygen atoms in total. The lowest BCUT2D eigenvalue weighted by Gasteiger charge is -2.12. The number of carboxylic acid groups (broad SMARTS) is 1. The van der Waals surface area contributed by atoms with Gasteiger partial charge in [-0.15, -0.1) is 0 Å². The molecule has 0 aliphatic heterocycles. The van der Waals surface area contributed by atoms with Crippen LogP contribution in [0.15, 0.2) is 30.5 Å². The molecule has 25 heavy (non-hydrogen) atoms. The van der Waals surface area contributed by atoms with Gasteiger partial charge in [0.1, 0.15) is 5.82 Å². The Bertz CT molecular complexity index is 885. The van der Waals surface area contributed by atoms with Gasteiger partial charge in [-0.3, -0.25) is 0 Å². The fraction of sp³-hybridized carbons (Fsp3) is 0.400. The molecule has 0 saturated heterocycles. The van der Waals surface area contributed by atoms with Crippen molar-refractivity contribution in [3.63, 3.8) is 0 Å². The molecule has 1 saturated carbocycles. The summed E-state index contributed by atoms with van der Waals surface area (Å²) in [4.78, 5) is 22.5. The van der Waals surface area contributed by atoms with Crippen molar-refractivity contribution in [2.24, 2.45) is 5.92 Å². The Hall–Kier alpha value is -2.56. The van der Waals surface area contributed by atoms with Crippen molar-refractivity contribution in [1.29, 1.82) is 0 Å². The maximum Gasteiger partial charge on any atom is 0.356 e. The van der Waals surface area contributed by atoms with Gasteiger partial charge in [0.25, 0.3) is 0 Å². The van der Waals surface area contributed by atoms with E-state index in [0.29, 0.717) is 11.7 Å². The Labute approximate surface area is 146 Å². The van der Waals surface area contributed by atoms with Gasteiger partial charge in [-0.25, -0.2) is 9.78 Å². The molecule has 3 N–H and O–H groups in total. The predicted molar refractivity (Wildman–Crippen MR) is 97.7 cm³/mol. The molecule has 0 spiro atoms. The molecule has 0 atom stereocenters. The molecule has 0 radical (unpaired) electrons. The Morgan fingerprint density at radius 3 is 2.72 bits per heavy atom. The largest absolute Gasteiger partial charge is 0.476 e. The third-order valence-electron chi connectivity index (χ3n) is 5.28. The molecule has 2 aromatic heterocycles. The van der Waals surface area contributed by atoms with Crippen molar-refractivity contribution in [3.8, 4) is 11.4 Å². The number of hydrogen-bond acceptors (Lipinski definition) is 2. The van der Waals surface area contributed by atoms with Crippen LogP contribution in [0.1, 0.15) is 54.7 Å². The van der Waals surface area contributed by atoms with E-state index < -0.39 is 5.97 Å². The van der Waals surface area contributed by atoms with Gasteiger partial charge in [-0.2, -0.15) is 0 Å². The lowest BCUT2D eigenvalue weighted by Crippen LogP contribution is -2.08. The van der Waals surface area contributed by atoms with Crippen LogP contribution in [0.2, 0.25) is 0 Å². The Kier molecular flexibility index (Phi) is 4.30. The van der Waals surface area contributed by atoms with Gasteiger partial charge in [0.2, 0.25) is 0 Å². The van der Waals surface area contributed by atoms with E-state index in [1.54, 1.807) is 0 Å². The summed E-state index contributed by atoms with van der Waals surface area (Å²) in [6, 6.07) is 8.01. The van der Waals surface area contributed by atoms with Gasteiger partial charge in [0.15, 0.2) is 5.69 Å². The number of fused-ring (bicyclic) bond motifs is 1. The summed E-state index contributed by atoms with van der Waals surface area (Å²) in [6.45, 7) is 0. The average molecular weight is 337 g/mol. The number of aromatic nitrogens is 3. The number of carboxylic acids is 1. The molecule has 1 aliphatic rings. The van der Waals surface area contributed by atoms with Gasteiger partial charge in [0.05, 0.1) is 5.69 Å². The highest BCUT2D eigenvalue weighted by molar-refractivity contribution is 5.88. The average Bonchev–Trinajstić information content (AvgIpc) is 3.15. The second-order valence-corrected chi connectivity index (χ2v) is 7.06. The maximum atomic E-state index is 11.7. The number of carbonyl (C=O) groups is 1. The SMILES string of the molecule is O=C(O)c1nc(-c2ccc3[nH]ccc3c2)[nH]c1CC1CCCCCC1. The topological polar surface area (TPSA) is 81.8 Å². The van der Waals surface area contributed by atoms with E-state index in [4.69, 9.17) is 0 Å². The normalized spacial score (nSPS) is 16.2. The van der Waals surface area contributed by atoms with Crippen molar-refractivity contribution in [3.05, 3.63) is 41.9 Å². The summed E-state index contributed by atoms with van der Waals surface area (Å²) in [6.07, 6.45) is 10.1. The molecule has 1 fully saturated rings. The number of imidazole rings is 1. The number of H-pyrrole nitrogens is 2. The first kappa shape index (κ1) is 15.9. The fourth-order valence-electron chi connectivity index (χ4n) is 3.93. The van der Waals surface area contributed by atoms with Gasteiger partial charge in [-0.05, 0) is 36.6 Å². The van der Waals surface area contributed by atoms with E-state index in [-0.39, 0.29) is 5.69 Å². The van der Waals surface area contributed by atoms with Crippen LogP contribution in [0.4, 0.5) is 0 Å². The Balaban J connectivity index is 1.65. The number of benzene rings is 1. The molecule has 5 heteroatoms. The number of aromatic carboxylic acids is 1. The van der Waals surface area contributed by atoms with Gasteiger partial charge in [0, 0.05) is 22.7 Å². The maximum absolute atomic E-state index is 11.7. The third-order valence-corrected chi connectivity index (χ3v) is 5.28. The lowest BCUT2D eigenvalue weighted by molar-refractivity contribution is 0.0689. The predicted octanol–water partition coefficient (Wildman–Crippen LogP) is 4.77. The molecule has 0 amide bonds. The zero-order chi connectivity index (χ0) is 17.2. The number of aromatic amines is 2. The summed E-state index contributed by atoms with van der Waals surface area (Å²) < 4.78 is 0. The molecule has 0 unspecified atom stereocenters. The molecule has 4 rings (SSSR count). The highest BCUT2D eigenvalue weighted by atomic mass is 16.4. The van der Waals surface area contributed by atoms with E-state index >= 15 is 0 Å². The second kappa shape index (κ2) is 6.75. The van der Waals surface area contributed by atoms with E-state index in [9.17, 15) is 9.90 Å². The summed E-state index contributed by atoms with van der Waals surface area (Å²) >= 11 is 0. The van der Waals surface area contributed by atoms with Crippen molar-refractivity contribution in [2.75, 3.05) is 0 Å². The van der Waals surface area contributed by atoms with Crippen LogP contribution in [0, 0.1) is 5.92 Å². The van der Waals surface area contributed by atoms with E-state index in [1.807, 2.05) is 30.5 Å². The number of hydrogen-bond donors (Lipinski definition) is 3. The molecule has 1 aromatic carbocycles. The summed E-state index contributed by atoms with van der Waals surface area (Å²) in [5.41, 5.74) is 2.92. The van der Waals surface area contributed by atoms with Crippen LogP contribution in [-0.4, -0.2) is 26.0 Å². The zero-order valence-corrected chi connectivity index (χ0v) is 14.2. The van der Waals surface area contributed by atoms with Gasteiger partial charge >= 0.3 is 5.97 Å². The summed E-state index contributed by atoms with van der Waals surface area (Å²) in [5, 5.41) is 10.7. The second-order valence-electron chi connectivity index (χ2n) is 7.06. The van der Waals surface area contributed by atoms with Gasteiger partial charge in [-0.1, -0.05) is 38.5 Å². The molecular weight excluding hydrogens is 314 g/mol. The lowest BCUT2D eigenvalue weighted by atomic mass is 9.94. The zero-order valence-electron chi connectivity index (χ0n) is 14.2. The summed E-state index contributed by atoms with van der Waals surface area (Å²) in [5.74, 6) is 0.249. The smallest absolute Gasteiger partial charge is 0.356 e. The highest BCUT2D eigenvalue weighted by Gasteiger charge is 2.21. The fourth-order valence-corrected chi connectivity index (χ4v) is 3.93. The van der Waals surface area contributed by atoms with E-state index in [2.05, 4.69) is 15.0 Å². The van der Waals surface area contributed by atoms with Crippen molar-refractivity contribution in [1.82, 2.24) is 15.0 Å². The molecule has 2 heterocycles. The number of nitrogens with zero attached hydrogens (tertiary/aromatic N) is 1. The minimum atomic E-state index is -0.950. The monoisotopic (exact) mass is 337 g/mol.